The van der Waals surface area contributed by atoms with Crippen molar-refractivity contribution >= 4 is 16.9 Å². The second-order valence-electron chi connectivity index (χ2n) is 3.33. The number of benzene rings is 1. The third-order valence-electron chi connectivity index (χ3n) is 2.28. The Hall–Kier alpha value is -1.84. The Morgan fingerprint density at radius 2 is 2.20 bits per heavy atom. The molecule has 15 heavy (non-hydrogen) atoms. The van der Waals surface area contributed by atoms with Crippen LogP contribution in [0.2, 0.25) is 0 Å². The highest BCUT2D eigenvalue weighted by Crippen LogP contribution is 2.23. The first kappa shape index (κ1) is 9.71. The van der Waals surface area contributed by atoms with Crippen molar-refractivity contribution in [1.82, 2.24) is 4.98 Å². The van der Waals surface area contributed by atoms with Gasteiger partial charge in [0.25, 0.3) is 0 Å². The first-order valence-electron chi connectivity index (χ1n) is 4.49. The molecule has 3 nitrogen and oxygen atoms in total. The van der Waals surface area contributed by atoms with Gasteiger partial charge in [0, 0.05) is 11.1 Å². The number of ether oxygens (including phenoxy) is 1. The van der Waals surface area contributed by atoms with E-state index < -0.39 is 5.97 Å². The fourth-order valence-corrected chi connectivity index (χ4v) is 1.61. The average Bonchev–Trinajstić information content (AvgIpc) is 2.60. The topological polar surface area (TPSA) is 42.1 Å². The van der Waals surface area contributed by atoms with Crippen molar-refractivity contribution in [2.24, 2.45) is 0 Å². The number of hydrogen-bond acceptors (Lipinski definition) is 2. The van der Waals surface area contributed by atoms with Gasteiger partial charge >= 0.3 is 5.97 Å². The van der Waals surface area contributed by atoms with Crippen molar-refractivity contribution in [3.05, 3.63) is 35.3 Å². The normalized spacial score (nSPS) is 10.6. The van der Waals surface area contributed by atoms with Crippen LogP contribution < -0.4 is 0 Å². The van der Waals surface area contributed by atoms with Gasteiger partial charge in [-0.1, -0.05) is 0 Å². The lowest BCUT2D eigenvalue weighted by Gasteiger charge is -2.01. The van der Waals surface area contributed by atoms with Crippen molar-refractivity contribution in [2.75, 3.05) is 7.11 Å². The van der Waals surface area contributed by atoms with Crippen LogP contribution in [-0.4, -0.2) is 18.1 Å². The van der Waals surface area contributed by atoms with E-state index in [9.17, 15) is 9.18 Å². The van der Waals surface area contributed by atoms with Crippen LogP contribution in [0.5, 0.6) is 0 Å². The molecule has 1 N–H and O–H groups in total. The van der Waals surface area contributed by atoms with Gasteiger partial charge in [-0.05, 0) is 25.1 Å². The molecule has 0 saturated carbocycles. The Kier molecular flexibility index (Phi) is 2.19. The van der Waals surface area contributed by atoms with Gasteiger partial charge in [0.05, 0.1) is 18.2 Å². The second-order valence-corrected chi connectivity index (χ2v) is 3.33. The number of aromatic nitrogens is 1. The van der Waals surface area contributed by atoms with E-state index in [1.54, 1.807) is 13.0 Å². The zero-order valence-electron chi connectivity index (χ0n) is 8.43. The molecule has 1 heterocycles. The molecule has 0 amide bonds. The van der Waals surface area contributed by atoms with Crippen molar-refractivity contribution in [2.45, 2.75) is 6.92 Å². The highest BCUT2D eigenvalue weighted by atomic mass is 19.1. The lowest BCUT2D eigenvalue weighted by Crippen LogP contribution is -2.01. The number of carbonyl (C=O) groups is 1. The minimum Gasteiger partial charge on any atom is -0.465 e. The molecule has 0 aliphatic rings. The summed E-state index contributed by atoms with van der Waals surface area (Å²) in [6, 6.07) is 4.41. The number of aryl methyl sites for hydroxylation is 1. The third-order valence-corrected chi connectivity index (χ3v) is 2.28. The maximum atomic E-state index is 13.4. The highest BCUT2D eigenvalue weighted by Gasteiger charge is 2.14. The summed E-state index contributed by atoms with van der Waals surface area (Å²) in [5.41, 5.74) is 1.52. The molecule has 0 bridgehead atoms. The number of carbonyl (C=O) groups excluding carboxylic acids is 1. The largest absolute Gasteiger partial charge is 0.465 e. The minimum atomic E-state index is -0.459. The van der Waals surface area contributed by atoms with Crippen LogP contribution in [0, 0.1) is 12.7 Å². The molecule has 0 unspecified atom stereocenters. The van der Waals surface area contributed by atoms with Crippen molar-refractivity contribution < 1.29 is 13.9 Å². The number of aromatic amines is 1. The number of rotatable bonds is 1. The molecule has 0 aliphatic carbocycles. The molecule has 2 rings (SSSR count). The molecular weight excluding hydrogens is 197 g/mol. The van der Waals surface area contributed by atoms with Gasteiger partial charge in [0.2, 0.25) is 0 Å². The van der Waals surface area contributed by atoms with Gasteiger partial charge in [-0.3, -0.25) is 0 Å². The summed E-state index contributed by atoms with van der Waals surface area (Å²) in [4.78, 5) is 14.3. The Balaban J connectivity index is 2.76. The lowest BCUT2D eigenvalue weighted by molar-refractivity contribution is 0.0603. The van der Waals surface area contributed by atoms with Gasteiger partial charge in [-0.25, -0.2) is 9.18 Å². The number of hydrogen-bond donors (Lipinski definition) is 1. The fraction of sp³-hybridized carbons (Fsp3) is 0.182. The van der Waals surface area contributed by atoms with Crippen molar-refractivity contribution in [3.8, 4) is 0 Å². The standard InChI is InChI=1S/C11H10FNO2/c1-6-5-8-7(11(14)15-2)3-4-9(12)10(8)13-6/h3-5,13H,1-2H3. The van der Waals surface area contributed by atoms with Gasteiger partial charge in [0.15, 0.2) is 0 Å². The van der Waals surface area contributed by atoms with Gasteiger partial charge in [-0.2, -0.15) is 0 Å². The molecule has 2 aromatic rings. The molecule has 4 heteroatoms. The van der Waals surface area contributed by atoms with Crippen LogP contribution in [0.25, 0.3) is 10.9 Å². The van der Waals surface area contributed by atoms with E-state index in [1.807, 2.05) is 0 Å². The SMILES string of the molecule is COC(=O)c1ccc(F)c2[nH]c(C)cc12. The fourth-order valence-electron chi connectivity index (χ4n) is 1.61. The number of fused-ring (bicyclic) bond motifs is 1. The van der Waals surface area contributed by atoms with E-state index in [1.165, 1.54) is 19.2 Å². The van der Waals surface area contributed by atoms with Gasteiger partial charge < -0.3 is 9.72 Å². The maximum absolute atomic E-state index is 13.4. The van der Waals surface area contributed by atoms with E-state index in [0.717, 1.165) is 5.69 Å². The molecule has 0 spiro atoms. The molecule has 1 aromatic heterocycles. The van der Waals surface area contributed by atoms with Crippen LogP contribution >= 0.6 is 0 Å². The van der Waals surface area contributed by atoms with Crippen molar-refractivity contribution in [3.63, 3.8) is 0 Å². The smallest absolute Gasteiger partial charge is 0.338 e. The van der Waals surface area contributed by atoms with Crippen molar-refractivity contribution in [1.29, 1.82) is 0 Å². The maximum Gasteiger partial charge on any atom is 0.338 e. The lowest BCUT2D eigenvalue weighted by atomic mass is 10.1. The number of esters is 1. The monoisotopic (exact) mass is 207 g/mol. The molecule has 78 valence electrons. The number of nitrogens with one attached hydrogen (secondary N) is 1. The van der Waals surface area contributed by atoms with E-state index >= 15 is 0 Å². The quantitative estimate of drug-likeness (QED) is 0.729. The Bertz CT molecular complexity index is 531. The Labute approximate surface area is 85.9 Å². The van der Waals surface area contributed by atoms with Gasteiger partial charge in [-0.15, -0.1) is 0 Å². The first-order valence-corrected chi connectivity index (χ1v) is 4.49. The molecule has 0 fully saturated rings. The molecule has 0 atom stereocenters. The summed E-state index contributed by atoms with van der Waals surface area (Å²) in [6.45, 7) is 1.81. The van der Waals surface area contributed by atoms with Crippen LogP contribution in [0.3, 0.4) is 0 Å². The highest BCUT2D eigenvalue weighted by molar-refractivity contribution is 6.04. The molecule has 0 saturated heterocycles. The number of H-pyrrole nitrogens is 1. The van der Waals surface area contributed by atoms with Crippen LogP contribution in [0.15, 0.2) is 18.2 Å². The van der Waals surface area contributed by atoms with Crippen LogP contribution in [-0.2, 0) is 4.74 Å². The molecule has 1 aromatic carbocycles. The summed E-state index contributed by atoms with van der Waals surface area (Å²) < 4.78 is 18.0. The predicted molar refractivity (Wildman–Crippen MR) is 54.3 cm³/mol. The molecular formula is C11H10FNO2. The third kappa shape index (κ3) is 1.48. The first-order chi connectivity index (χ1) is 7.13. The zero-order valence-corrected chi connectivity index (χ0v) is 8.43. The van der Waals surface area contributed by atoms with Gasteiger partial charge in [0.1, 0.15) is 5.82 Å². The second kappa shape index (κ2) is 3.38. The van der Waals surface area contributed by atoms with E-state index in [-0.39, 0.29) is 5.82 Å². The molecule has 0 radical (unpaired) electrons. The van der Waals surface area contributed by atoms with Crippen LogP contribution in [0.4, 0.5) is 4.39 Å². The zero-order chi connectivity index (χ0) is 11.0. The van der Waals surface area contributed by atoms with E-state index in [2.05, 4.69) is 9.72 Å². The van der Waals surface area contributed by atoms with E-state index in [0.29, 0.717) is 16.5 Å². The number of methoxy groups -OCH3 is 1. The molecule has 0 aliphatic heterocycles. The Morgan fingerprint density at radius 1 is 1.47 bits per heavy atom. The predicted octanol–water partition coefficient (Wildman–Crippen LogP) is 2.40. The summed E-state index contributed by atoms with van der Waals surface area (Å²) >= 11 is 0. The minimum absolute atomic E-state index is 0.343. The number of halogens is 1. The summed E-state index contributed by atoms with van der Waals surface area (Å²) in [5, 5.41) is 0.555. The summed E-state index contributed by atoms with van der Waals surface area (Å²) in [7, 11) is 1.30. The van der Waals surface area contributed by atoms with E-state index in [4.69, 9.17) is 0 Å². The Morgan fingerprint density at radius 3 is 2.87 bits per heavy atom. The van der Waals surface area contributed by atoms with Crippen LogP contribution in [0.1, 0.15) is 16.1 Å². The average molecular weight is 207 g/mol. The summed E-state index contributed by atoms with van der Waals surface area (Å²) in [6.07, 6.45) is 0. The summed E-state index contributed by atoms with van der Waals surface area (Å²) in [5.74, 6) is -0.829.